The van der Waals surface area contributed by atoms with Crippen LogP contribution in [0.1, 0.15) is 11.1 Å². The van der Waals surface area contributed by atoms with E-state index in [9.17, 15) is 0 Å². The van der Waals surface area contributed by atoms with Crippen LogP contribution >= 0.6 is 27.5 Å². The number of rotatable bonds is 0. The molecule has 3 heteroatoms. The highest BCUT2D eigenvalue weighted by molar-refractivity contribution is 9.10. The van der Waals surface area contributed by atoms with Crippen LogP contribution < -0.4 is 4.74 Å². The first-order valence-corrected chi connectivity index (χ1v) is 4.97. The van der Waals surface area contributed by atoms with E-state index in [-0.39, 0.29) is 0 Å². The second-order valence-corrected chi connectivity index (χ2v) is 4.13. The predicted molar refractivity (Wildman–Crippen MR) is 53.1 cm³/mol. The van der Waals surface area contributed by atoms with Gasteiger partial charge in [-0.25, -0.2) is 0 Å². The molecule has 1 nitrogen and oxygen atoms in total. The molecule has 1 aromatic carbocycles. The molecule has 0 aromatic heterocycles. The van der Waals surface area contributed by atoms with Crippen LogP contribution in [0.4, 0.5) is 0 Å². The van der Waals surface area contributed by atoms with Gasteiger partial charge in [-0.1, -0.05) is 11.6 Å². The molecule has 0 unspecified atom stereocenters. The number of halogens is 2. The molecule has 64 valence electrons. The zero-order chi connectivity index (χ0) is 8.72. The first-order chi connectivity index (χ1) is 5.70. The first kappa shape index (κ1) is 8.39. The Kier molecular flexibility index (Phi) is 2.05. The first-order valence-electron chi connectivity index (χ1n) is 3.80. The molecule has 0 saturated carbocycles. The zero-order valence-corrected chi connectivity index (χ0v) is 9.00. The summed E-state index contributed by atoms with van der Waals surface area (Å²) < 4.78 is 6.44. The summed E-state index contributed by atoms with van der Waals surface area (Å²) >= 11 is 9.56. The fourth-order valence-electron chi connectivity index (χ4n) is 1.44. The van der Waals surface area contributed by atoms with Gasteiger partial charge < -0.3 is 4.74 Å². The number of fused-ring (bicyclic) bond motifs is 1. The lowest BCUT2D eigenvalue weighted by atomic mass is 10.1. The van der Waals surface area contributed by atoms with Gasteiger partial charge in [0.15, 0.2) is 0 Å². The Bertz CT molecular complexity index is 336. The highest BCUT2D eigenvalue weighted by Gasteiger charge is 2.19. The maximum absolute atomic E-state index is 6.11. The minimum Gasteiger partial charge on any atom is -0.492 e. The van der Waals surface area contributed by atoms with E-state index in [2.05, 4.69) is 15.9 Å². The molecular weight excluding hydrogens is 239 g/mol. The lowest BCUT2D eigenvalue weighted by Gasteiger charge is -2.06. The normalized spacial score (nSPS) is 14.2. The molecular formula is C9H8BrClO. The van der Waals surface area contributed by atoms with Crippen molar-refractivity contribution in [2.75, 3.05) is 6.61 Å². The third-order valence-corrected chi connectivity index (χ3v) is 3.16. The molecule has 0 fully saturated rings. The average Bonchev–Trinajstić information content (AvgIpc) is 2.48. The summed E-state index contributed by atoms with van der Waals surface area (Å²) in [6.07, 6.45) is 0.925. The van der Waals surface area contributed by atoms with Gasteiger partial charge in [0.2, 0.25) is 0 Å². The fraction of sp³-hybridized carbons (Fsp3) is 0.333. The molecule has 1 heterocycles. The largest absolute Gasteiger partial charge is 0.492 e. The molecule has 0 aliphatic carbocycles. The summed E-state index contributed by atoms with van der Waals surface area (Å²) in [6, 6.07) is 1.99. The van der Waals surface area contributed by atoms with Crippen molar-refractivity contribution in [3.05, 3.63) is 26.7 Å². The molecule has 12 heavy (non-hydrogen) atoms. The van der Waals surface area contributed by atoms with Crippen molar-refractivity contribution in [3.63, 3.8) is 0 Å². The summed E-state index contributed by atoms with van der Waals surface area (Å²) in [5.41, 5.74) is 2.25. The van der Waals surface area contributed by atoms with Gasteiger partial charge in [0, 0.05) is 12.0 Å². The zero-order valence-electron chi connectivity index (χ0n) is 6.66. The molecule has 0 amide bonds. The summed E-state index contributed by atoms with van der Waals surface area (Å²) in [6.45, 7) is 2.75. The molecule has 0 radical (unpaired) electrons. The Morgan fingerprint density at radius 2 is 2.33 bits per heavy atom. The smallest absolute Gasteiger partial charge is 0.138 e. The van der Waals surface area contributed by atoms with E-state index >= 15 is 0 Å². The van der Waals surface area contributed by atoms with E-state index in [1.165, 1.54) is 0 Å². The van der Waals surface area contributed by atoms with Crippen LogP contribution in [-0.2, 0) is 6.42 Å². The quantitative estimate of drug-likeness (QED) is 0.683. The lowest BCUT2D eigenvalue weighted by molar-refractivity contribution is 0.355. The van der Waals surface area contributed by atoms with Crippen LogP contribution in [0.25, 0.3) is 0 Å². The van der Waals surface area contributed by atoms with Gasteiger partial charge in [-0.2, -0.15) is 0 Å². The minimum atomic E-state index is 0.747. The average molecular weight is 248 g/mol. The Hall–Kier alpha value is -0.210. The van der Waals surface area contributed by atoms with E-state index in [4.69, 9.17) is 16.3 Å². The van der Waals surface area contributed by atoms with E-state index in [0.29, 0.717) is 0 Å². The second-order valence-electron chi connectivity index (χ2n) is 2.90. The van der Waals surface area contributed by atoms with Gasteiger partial charge in [-0.05, 0) is 34.5 Å². The van der Waals surface area contributed by atoms with Crippen molar-refractivity contribution in [2.45, 2.75) is 13.3 Å². The van der Waals surface area contributed by atoms with E-state index in [0.717, 1.165) is 39.4 Å². The number of benzene rings is 1. The van der Waals surface area contributed by atoms with Gasteiger partial charge >= 0.3 is 0 Å². The number of hydrogen-bond acceptors (Lipinski definition) is 1. The topological polar surface area (TPSA) is 9.23 Å². The maximum atomic E-state index is 6.11. The number of aryl methyl sites for hydroxylation is 1. The summed E-state index contributed by atoms with van der Waals surface area (Å²) in [5, 5.41) is 0.853. The standard InChI is InChI=1S/C9H8BrClO/c1-5-4-7(10)9-6(8(5)11)2-3-12-9/h4H,2-3H2,1H3. The molecule has 0 spiro atoms. The summed E-state index contributed by atoms with van der Waals surface area (Å²) in [4.78, 5) is 0. The van der Waals surface area contributed by atoms with Crippen molar-refractivity contribution in [3.8, 4) is 5.75 Å². The number of ether oxygens (including phenoxy) is 1. The van der Waals surface area contributed by atoms with Crippen LogP contribution in [0.3, 0.4) is 0 Å². The molecule has 0 N–H and O–H groups in total. The number of hydrogen-bond donors (Lipinski definition) is 0. The van der Waals surface area contributed by atoms with E-state index in [1.54, 1.807) is 0 Å². The summed E-state index contributed by atoms with van der Waals surface area (Å²) in [7, 11) is 0. The van der Waals surface area contributed by atoms with Gasteiger partial charge in [0.25, 0.3) is 0 Å². The third-order valence-electron chi connectivity index (χ3n) is 2.04. The van der Waals surface area contributed by atoms with Gasteiger partial charge in [-0.15, -0.1) is 0 Å². The van der Waals surface area contributed by atoms with Crippen molar-refractivity contribution in [2.24, 2.45) is 0 Å². The van der Waals surface area contributed by atoms with Crippen LogP contribution in [-0.4, -0.2) is 6.61 Å². The van der Waals surface area contributed by atoms with Crippen molar-refractivity contribution in [1.82, 2.24) is 0 Å². The molecule has 1 aliphatic heterocycles. The fourth-order valence-corrected chi connectivity index (χ4v) is 2.37. The highest BCUT2D eigenvalue weighted by atomic mass is 79.9. The monoisotopic (exact) mass is 246 g/mol. The Morgan fingerprint density at radius 3 is 3.08 bits per heavy atom. The van der Waals surface area contributed by atoms with Crippen LogP contribution in [0.5, 0.6) is 5.75 Å². The second kappa shape index (κ2) is 2.93. The van der Waals surface area contributed by atoms with Gasteiger partial charge in [0.1, 0.15) is 5.75 Å². The van der Waals surface area contributed by atoms with Crippen molar-refractivity contribution < 1.29 is 4.74 Å². The summed E-state index contributed by atoms with van der Waals surface area (Å²) in [5.74, 6) is 0.922. The minimum absolute atomic E-state index is 0.747. The molecule has 2 rings (SSSR count). The van der Waals surface area contributed by atoms with Crippen LogP contribution in [0.2, 0.25) is 5.02 Å². The third kappa shape index (κ3) is 1.14. The van der Waals surface area contributed by atoms with Crippen molar-refractivity contribution in [1.29, 1.82) is 0 Å². The molecule has 0 bridgehead atoms. The van der Waals surface area contributed by atoms with Crippen molar-refractivity contribution >= 4 is 27.5 Å². The highest BCUT2D eigenvalue weighted by Crippen LogP contribution is 2.39. The lowest BCUT2D eigenvalue weighted by Crippen LogP contribution is -1.86. The van der Waals surface area contributed by atoms with Gasteiger partial charge in [-0.3, -0.25) is 0 Å². The van der Waals surface area contributed by atoms with Crippen LogP contribution in [0, 0.1) is 6.92 Å². The predicted octanol–water partition coefficient (Wildman–Crippen LogP) is 3.35. The maximum Gasteiger partial charge on any atom is 0.138 e. The molecule has 0 saturated heterocycles. The molecule has 0 atom stereocenters. The SMILES string of the molecule is Cc1cc(Br)c2c(c1Cl)CCO2. The van der Waals surface area contributed by atoms with Crippen LogP contribution in [0.15, 0.2) is 10.5 Å². The van der Waals surface area contributed by atoms with E-state index in [1.807, 2.05) is 13.0 Å². The van der Waals surface area contributed by atoms with E-state index < -0.39 is 0 Å². The Balaban J connectivity index is 2.69. The Labute approximate surface area is 84.8 Å². The van der Waals surface area contributed by atoms with Gasteiger partial charge in [0.05, 0.1) is 16.1 Å². The Morgan fingerprint density at radius 1 is 1.58 bits per heavy atom. The molecule has 1 aromatic rings. The molecule has 1 aliphatic rings.